The predicted octanol–water partition coefficient (Wildman–Crippen LogP) is 7.59. The average molecular weight is 577 g/mol. The lowest BCUT2D eigenvalue weighted by Gasteiger charge is -2.18. The van der Waals surface area contributed by atoms with Gasteiger partial charge in [0.05, 0.1) is 17.0 Å². The highest BCUT2D eigenvalue weighted by molar-refractivity contribution is 8.00. The van der Waals surface area contributed by atoms with Gasteiger partial charge in [-0.3, -0.25) is 9.59 Å². The number of benzene rings is 2. The molecule has 1 atom stereocenters. The van der Waals surface area contributed by atoms with Crippen LogP contribution in [0.4, 0.5) is 10.7 Å². The zero-order valence-electron chi connectivity index (χ0n) is 21.4. The molecule has 200 valence electrons. The van der Waals surface area contributed by atoms with E-state index in [0.29, 0.717) is 21.1 Å². The summed E-state index contributed by atoms with van der Waals surface area (Å²) in [5.74, 6) is -0.772. The molecule has 0 spiro atoms. The van der Waals surface area contributed by atoms with Crippen molar-refractivity contribution in [1.82, 2.24) is 0 Å². The van der Waals surface area contributed by atoms with Crippen LogP contribution in [0, 0.1) is 0 Å². The van der Waals surface area contributed by atoms with E-state index in [2.05, 4.69) is 10.6 Å². The number of aryl methyl sites for hydroxylation is 1. The molecule has 6 nitrogen and oxygen atoms in total. The third-order valence-corrected chi connectivity index (χ3v) is 9.64. The number of anilines is 2. The monoisotopic (exact) mass is 576 g/mol. The molecule has 5 rings (SSSR count). The van der Waals surface area contributed by atoms with Gasteiger partial charge in [0.25, 0.3) is 5.91 Å². The number of esters is 1. The molecule has 2 aromatic heterocycles. The van der Waals surface area contributed by atoms with Gasteiger partial charge in [-0.05, 0) is 73.4 Å². The van der Waals surface area contributed by atoms with Crippen molar-refractivity contribution in [2.45, 2.75) is 42.8 Å². The number of thioether (sulfide) groups is 1. The van der Waals surface area contributed by atoms with Crippen LogP contribution in [0.3, 0.4) is 0 Å². The smallest absolute Gasteiger partial charge is 0.341 e. The Morgan fingerprint density at radius 3 is 2.56 bits per heavy atom. The number of hydrogen-bond acceptors (Lipinski definition) is 7. The van der Waals surface area contributed by atoms with Crippen LogP contribution in [0.2, 0.25) is 0 Å². The Labute approximate surface area is 239 Å². The topological polar surface area (TPSA) is 84.5 Å². The van der Waals surface area contributed by atoms with E-state index in [1.165, 1.54) is 34.4 Å². The van der Waals surface area contributed by atoms with Crippen molar-refractivity contribution >= 4 is 62.9 Å². The van der Waals surface area contributed by atoms with Gasteiger partial charge in [-0.1, -0.05) is 42.5 Å². The quantitative estimate of drug-likeness (QED) is 0.158. The van der Waals surface area contributed by atoms with Crippen LogP contribution in [-0.2, 0) is 22.4 Å². The summed E-state index contributed by atoms with van der Waals surface area (Å²) in [6.45, 7) is 2.06. The Morgan fingerprint density at radius 2 is 1.79 bits per heavy atom. The first-order valence-corrected chi connectivity index (χ1v) is 15.4. The molecule has 39 heavy (non-hydrogen) atoms. The van der Waals surface area contributed by atoms with E-state index in [1.54, 1.807) is 13.0 Å². The van der Waals surface area contributed by atoms with Gasteiger partial charge in [-0.2, -0.15) is 0 Å². The van der Waals surface area contributed by atoms with E-state index in [-0.39, 0.29) is 24.4 Å². The predicted molar refractivity (Wildman–Crippen MR) is 159 cm³/mol. The number of amides is 2. The SMILES string of the molecule is CCOC(=O)c1c(NC(=O)C(Sc2cccc(NC(=O)c3cccs3)c2)c2ccccc2)sc2c1CCCC2. The van der Waals surface area contributed by atoms with Crippen molar-refractivity contribution in [3.05, 3.63) is 98.6 Å². The average Bonchev–Trinajstić information content (AvgIpc) is 3.61. The summed E-state index contributed by atoms with van der Waals surface area (Å²) in [5, 5.41) is 7.86. The fourth-order valence-electron chi connectivity index (χ4n) is 4.54. The van der Waals surface area contributed by atoms with Gasteiger partial charge in [0.1, 0.15) is 10.3 Å². The Balaban J connectivity index is 1.41. The summed E-state index contributed by atoms with van der Waals surface area (Å²) in [7, 11) is 0. The summed E-state index contributed by atoms with van der Waals surface area (Å²) >= 11 is 4.26. The summed E-state index contributed by atoms with van der Waals surface area (Å²) in [6, 6.07) is 20.7. The fraction of sp³-hybridized carbons (Fsp3) is 0.233. The second kappa shape index (κ2) is 12.6. The van der Waals surface area contributed by atoms with Crippen molar-refractivity contribution in [2.24, 2.45) is 0 Å². The standard InChI is InChI=1S/C30H28N2O4S3/c1-2-36-30(35)25-22-14-6-7-15-23(22)39-29(25)32-28(34)26(19-10-4-3-5-11-19)38-21-13-8-12-20(18-21)31-27(33)24-16-9-17-37-24/h3-5,8-13,16-18,26H,2,6-7,14-15H2,1H3,(H,31,33)(H,32,34). The number of carbonyl (C=O) groups excluding carboxylic acids is 3. The number of rotatable bonds is 9. The third kappa shape index (κ3) is 6.43. The molecule has 9 heteroatoms. The minimum atomic E-state index is -0.580. The van der Waals surface area contributed by atoms with Crippen LogP contribution >= 0.6 is 34.4 Å². The Kier molecular flexibility index (Phi) is 8.81. The second-order valence-electron chi connectivity index (χ2n) is 8.99. The van der Waals surface area contributed by atoms with Gasteiger partial charge in [-0.25, -0.2) is 4.79 Å². The molecule has 1 aliphatic carbocycles. The fourth-order valence-corrected chi connectivity index (χ4v) is 7.52. The largest absolute Gasteiger partial charge is 0.462 e. The molecule has 0 aliphatic heterocycles. The molecule has 0 saturated heterocycles. The molecule has 1 aliphatic rings. The highest BCUT2D eigenvalue weighted by atomic mass is 32.2. The van der Waals surface area contributed by atoms with Crippen molar-refractivity contribution in [3.8, 4) is 0 Å². The van der Waals surface area contributed by atoms with E-state index in [0.717, 1.165) is 46.6 Å². The molecule has 4 aromatic rings. The summed E-state index contributed by atoms with van der Waals surface area (Å²) < 4.78 is 5.36. The maximum Gasteiger partial charge on any atom is 0.341 e. The Bertz CT molecular complexity index is 1460. The van der Waals surface area contributed by atoms with Gasteiger partial charge in [0.15, 0.2) is 0 Å². The van der Waals surface area contributed by atoms with E-state index in [1.807, 2.05) is 66.0 Å². The van der Waals surface area contributed by atoms with E-state index < -0.39 is 5.25 Å². The molecular weight excluding hydrogens is 549 g/mol. The highest BCUT2D eigenvalue weighted by Crippen LogP contribution is 2.41. The van der Waals surface area contributed by atoms with Crippen molar-refractivity contribution in [1.29, 1.82) is 0 Å². The number of hydrogen-bond donors (Lipinski definition) is 2. The van der Waals surface area contributed by atoms with Crippen molar-refractivity contribution < 1.29 is 19.1 Å². The van der Waals surface area contributed by atoms with Gasteiger partial charge in [-0.15, -0.1) is 34.4 Å². The third-order valence-electron chi connectivity index (χ3n) is 6.32. The van der Waals surface area contributed by atoms with Crippen LogP contribution in [0.25, 0.3) is 0 Å². The van der Waals surface area contributed by atoms with E-state index >= 15 is 0 Å². The number of thiophene rings is 2. The first kappa shape index (κ1) is 27.2. The molecular formula is C30H28N2O4S3. The lowest BCUT2D eigenvalue weighted by Crippen LogP contribution is -2.20. The van der Waals surface area contributed by atoms with Gasteiger partial charge in [0, 0.05) is 15.5 Å². The Morgan fingerprint density at radius 1 is 0.974 bits per heavy atom. The van der Waals surface area contributed by atoms with E-state index in [9.17, 15) is 14.4 Å². The molecule has 2 heterocycles. The number of ether oxygens (including phenoxy) is 1. The second-order valence-corrected chi connectivity index (χ2v) is 12.2. The molecule has 2 aromatic carbocycles. The van der Waals surface area contributed by atoms with Gasteiger partial charge < -0.3 is 15.4 Å². The molecule has 0 fully saturated rings. The normalized spacial score (nSPS) is 13.3. The first-order valence-electron chi connectivity index (χ1n) is 12.8. The molecule has 2 amide bonds. The van der Waals surface area contributed by atoms with Crippen LogP contribution in [0.5, 0.6) is 0 Å². The summed E-state index contributed by atoms with van der Waals surface area (Å²) in [6.07, 6.45) is 3.82. The molecule has 0 saturated carbocycles. The molecule has 2 N–H and O–H groups in total. The number of carbonyl (C=O) groups is 3. The zero-order chi connectivity index (χ0) is 27.2. The van der Waals surface area contributed by atoms with Crippen molar-refractivity contribution in [2.75, 3.05) is 17.2 Å². The summed E-state index contributed by atoms with van der Waals surface area (Å²) in [4.78, 5) is 41.9. The maximum atomic E-state index is 13.8. The minimum Gasteiger partial charge on any atom is -0.462 e. The highest BCUT2D eigenvalue weighted by Gasteiger charge is 2.30. The number of fused-ring (bicyclic) bond motifs is 1. The Hall–Kier alpha value is -3.40. The lowest BCUT2D eigenvalue weighted by molar-refractivity contribution is -0.115. The van der Waals surface area contributed by atoms with Crippen molar-refractivity contribution in [3.63, 3.8) is 0 Å². The van der Waals surface area contributed by atoms with Gasteiger partial charge in [0.2, 0.25) is 5.91 Å². The minimum absolute atomic E-state index is 0.169. The lowest BCUT2D eigenvalue weighted by atomic mass is 9.95. The number of nitrogens with one attached hydrogen (secondary N) is 2. The molecule has 0 radical (unpaired) electrons. The zero-order valence-corrected chi connectivity index (χ0v) is 23.8. The van der Waals surface area contributed by atoms with Crippen LogP contribution < -0.4 is 10.6 Å². The van der Waals surface area contributed by atoms with Gasteiger partial charge >= 0.3 is 5.97 Å². The van der Waals surface area contributed by atoms with Crippen LogP contribution in [0.1, 0.15) is 61.0 Å². The van der Waals surface area contributed by atoms with Crippen LogP contribution in [0.15, 0.2) is 77.0 Å². The summed E-state index contributed by atoms with van der Waals surface area (Å²) in [5.41, 5.74) is 3.01. The maximum absolute atomic E-state index is 13.8. The molecule has 0 bridgehead atoms. The molecule has 1 unspecified atom stereocenters. The van der Waals surface area contributed by atoms with Crippen LogP contribution in [-0.4, -0.2) is 24.4 Å². The van der Waals surface area contributed by atoms with E-state index in [4.69, 9.17) is 4.74 Å². The first-order chi connectivity index (χ1) is 19.0.